The van der Waals surface area contributed by atoms with Crippen molar-refractivity contribution in [2.45, 2.75) is 136 Å². The molecule has 2 aliphatic carbocycles. The second-order valence-electron chi connectivity index (χ2n) is 11.0. The van der Waals surface area contributed by atoms with E-state index >= 15 is 0 Å². The van der Waals surface area contributed by atoms with Crippen LogP contribution in [0.15, 0.2) is 30.3 Å². The number of rotatable bonds is 14. The minimum absolute atomic E-state index is 0.110. The Morgan fingerprint density at radius 2 is 1.38 bits per heavy atom. The molecule has 3 rings (SSSR count). The molecule has 0 aromatic heterocycles. The van der Waals surface area contributed by atoms with Gasteiger partial charge in [-0.15, -0.1) is 0 Å². The third-order valence-corrected chi connectivity index (χ3v) is 8.26. The van der Waals surface area contributed by atoms with Crippen LogP contribution < -0.4 is 0 Å². The fraction of sp³-hybridized carbons (Fsp3) is 0.719. The van der Waals surface area contributed by atoms with Gasteiger partial charge in [-0.1, -0.05) is 103 Å². The van der Waals surface area contributed by atoms with Crippen LogP contribution >= 0.6 is 0 Å². The Hall–Kier alpha value is -1.57. The third-order valence-electron chi connectivity index (χ3n) is 8.26. The fourth-order valence-corrected chi connectivity index (χ4v) is 5.89. The molecular weight excluding hydrogens is 416 g/mol. The molecule has 0 saturated heterocycles. The number of carbonyl (C=O) groups excluding carboxylic acids is 1. The lowest BCUT2D eigenvalue weighted by atomic mass is 9.83. The molecule has 2 nitrogen and oxygen atoms in total. The molecule has 0 radical (unpaired) electrons. The van der Waals surface area contributed by atoms with E-state index in [1.165, 1.54) is 114 Å². The number of carbonyl (C=O) groups is 1. The van der Waals surface area contributed by atoms with Gasteiger partial charge in [-0.3, -0.25) is 0 Å². The molecule has 0 spiro atoms. The number of hydrogen-bond donors (Lipinski definition) is 0. The van der Waals surface area contributed by atoms with E-state index in [-0.39, 0.29) is 12.1 Å². The molecule has 0 amide bonds. The van der Waals surface area contributed by atoms with Crippen molar-refractivity contribution >= 4 is 11.5 Å². The van der Waals surface area contributed by atoms with Gasteiger partial charge in [0.05, 0.1) is 5.56 Å². The summed E-state index contributed by atoms with van der Waals surface area (Å²) >= 11 is 0. The molecule has 2 aliphatic rings. The van der Waals surface area contributed by atoms with E-state index in [4.69, 9.17) is 4.74 Å². The van der Waals surface area contributed by atoms with Crippen molar-refractivity contribution in [2.75, 3.05) is 0 Å². The van der Waals surface area contributed by atoms with Crippen LogP contribution in [0.4, 0.5) is 0 Å². The normalized spacial score (nSPS) is 22.9. The quantitative estimate of drug-likeness (QED) is 0.201. The molecule has 0 heterocycles. The molecule has 2 heteroatoms. The van der Waals surface area contributed by atoms with Gasteiger partial charge in [0.15, 0.2) is 0 Å². The summed E-state index contributed by atoms with van der Waals surface area (Å²) in [6.45, 7) is 4.56. The third kappa shape index (κ3) is 9.23. The first-order valence-corrected chi connectivity index (χ1v) is 14.7. The highest BCUT2D eigenvalue weighted by Gasteiger charge is 2.24. The summed E-state index contributed by atoms with van der Waals surface area (Å²) in [5, 5.41) is 0. The topological polar surface area (TPSA) is 26.3 Å². The second-order valence-corrected chi connectivity index (χ2v) is 11.0. The summed E-state index contributed by atoms with van der Waals surface area (Å²) in [7, 11) is 0. The molecule has 190 valence electrons. The first-order chi connectivity index (χ1) is 16.7. The minimum Gasteiger partial charge on any atom is -0.459 e. The first kappa shape index (κ1) is 27.0. The molecule has 0 bridgehead atoms. The van der Waals surface area contributed by atoms with Crippen molar-refractivity contribution in [1.82, 2.24) is 0 Å². The van der Waals surface area contributed by atoms with Gasteiger partial charge >= 0.3 is 5.97 Å². The van der Waals surface area contributed by atoms with E-state index < -0.39 is 0 Å². The average Bonchev–Trinajstić information content (AvgIpc) is 2.88. The van der Waals surface area contributed by atoms with E-state index in [1.54, 1.807) is 0 Å². The zero-order valence-corrected chi connectivity index (χ0v) is 22.2. The Morgan fingerprint density at radius 3 is 2.06 bits per heavy atom. The van der Waals surface area contributed by atoms with Crippen LogP contribution in [0.25, 0.3) is 5.57 Å². The number of hydrogen-bond acceptors (Lipinski definition) is 2. The summed E-state index contributed by atoms with van der Waals surface area (Å²) in [5.41, 5.74) is 3.43. The summed E-state index contributed by atoms with van der Waals surface area (Å²) in [6.07, 6.45) is 25.8. The number of benzene rings is 1. The zero-order chi connectivity index (χ0) is 24.0. The fourth-order valence-electron chi connectivity index (χ4n) is 5.89. The molecule has 1 atom stereocenters. The maximum absolute atomic E-state index is 12.7. The van der Waals surface area contributed by atoms with E-state index in [2.05, 4.69) is 32.1 Å². The highest BCUT2D eigenvalue weighted by atomic mass is 16.5. The van der Waals surface area contributed by atoms with Gasteiger partial charge < -0.3 is 4.74 Å². The van der Waals surface area contributed by atoms with Crippen molar-refractivity contribution in [3.63, 3.8) is 0 Å². The van der Waals surface area contributed by atoms with Crippen LogP contribution in [0.3, 0.4) is 0 Å². The minimum atomic E-state index is -0.139. The van der Waals surface area contributed by atoms with Gasteiger partial charge in [0.25, 0.3) is 0 Å². The summed E-state index contributed by atoms with van der Waals surface area (Å²) in [4.78, 5) is 12.7. The maximum Gasteiger partial charge on any atom is 0.338 e. The Kier molecular flexibility index (Phi) is 12.3. The molecule has 0 aliphatic heterocycles. The second kappa shape index (κ2) is 15.4. The highest BCUT2D eigenvalue weighted by molar-refractivity contribution is 5.90. The summed E-state index contributed by atoms with van der Waals surface area (Å²) in [5.74, 6) is 1.57. The predicted molar refractivity (Wildman–Crippen MR) is 145 cm³/mol. The smallest absolute Gasteiger partial charge is 0.338 e. The average molecular weight is 467 g/mol. The predicted octanol–water partition coefficient (Wildman–Crippen LogP) is 9.92. The molecule has 34 heavy (non-hydrogen) atoms. The lowest BCUT2D eigenvalue weighted by molar-refractivity contribution is 0.0161. The molecule has 1 fully saturated rings. The molecule has 1 unspecified atom stereocenters. The molecule has 1 saturated carbocycles. The van der Waals surface area contributed by atoms with Gasteiger partial charge in [0, 0.05) is 0 Å². The van der Waals surface area contributed by atoms with Crippen LogP contribution in [0.2, 0.25) is 0 Å². The van der Waals surface area contributed by atoms with Crippen LogP contribution in [-0.4, -0.2) is 12.1 Å². The summed E-state index contributed by atoms with van der Waals surface area (Å²) < 4.78 is 5.89. The molecule has 1 aromatic rings. The number of ether oxygens (including phenoxy) is 1. The van der Waals surface area contributed by atoms with Gasteiger partial charge in [-0.05, 0) is 80.1 Å². The van der Waals surface area contributed by atoms with Crippen LogP contribution in [0, 0.1) is 11.8 Å². The number of allylic oxidation sites excluding steroid dienone is 2. The van der Waals surface area contributed by atoms with Crippen molar-refractivity contribution in [3.05, 3.63) is 41.5 Å². The van der Waals surface area contributed by atoms with E-state index in [0.717, 1.165) is 24.7 Å². The van der Waals surface area contributed by atoms with E-state index in [9.17, 15) is 4.79 Å². The van der Waals surface area contributed by atoms with Crippen LogP contribution in [0.1, 0.15) is 145 Å². The standard InChI is InChI=1S/C32H50O2/c1-3-5-7-8-9-11-13-27-16-24-31(25-17-27)34-32(33)30-22-20-29(21-23-30)28-18-14-26(15-19-28)12-10-6-4-2/h18,20-23,26-27,31H,3-17,19,24-25H2,1-2H3. The van der Waals surface area contributed by atoms with Crippen molar-refractivity contribution < 1.29 is 9.53 Å². The van der Waals surface area contributed by atoms with Gasteiger partial charge in [0.1, 0.15) is 6.10 Å². The Bertz CT molecular complexity index is 724. The lowest BCUT2D eigenvalue weighted by Crippen LogP contribution is -2.24. The van der Waals surface area contributed by atoms with Crippen molar-refractivity contribution in [3.8, 4) is 0 Å². The SMILES string of the molecule is CCCCCCCCC1CCC(OC(=O)c2ccc(C3=CCC(CCCCC)CC3)cc2)CC1. The van der Waals surface area contributed by atoms with Crippen LogP contribution in [-0.2, 0) is 4.74 Å². The van der Waals surface area contributed by atoms with Gasteiger partial charge in [-0.25, -0.2) is 4.79 Å². The Labute approximate surface area is 209 Å². The van der Waals surface area contributed by atoms with E-state index in [1.807, 2.05) is 12.1 Å². The molecule has 0 N–H and O–H groups in total. The van der Waals surface area contributed by atoms with E-state index in [0.29, 0.717) is 5.56 Å². The number of esters is 1. The van der Waals surface area contributed by atoms with Gasteiger partial charge in [-0.2, -0.15) is 0 Å². The van der Waals surface area contributed by atoms with Crippen LogP contribution in [0.5, 0.6) is 0 Å². The summed E-state index contributed by atoms with van der Waals surface area (Å²) in [6, 6.07) is 8.18. The Balaban J connectivity index is 1.35. The van der Waals surface area contributed by atoms with Crippen molar-refractivity contribution in [2.24, 2.45) is 11.8 Å². The van der Waals surface area contributed by atoms with Gasteiger partial charge in [0.2, 0.25) is 0 Å². The molecular formula is C32H50O2. The highest BCUT2D eigenvalue weighted by Crippen LogP contribution is 2.33. The zero-order valence-electron chi connectivity index (χ0n) is 22.2. The largest absolute Gasteiger partial charge is 0.459 e. The Morgan fingerprint density at radius 1 is 0.765 bits per heavy atom. The first-order valence-electron chi connectivity index (χ1n) is 14.7. The lowest BCUT2D eigenvalue weighted by Gasteiger charge is -2.28. The maximum atomic E-state index is 12.7. The number of unbranched alkanes of at least 4 members (excludes halogenated alkanes) is 7. The molecule has 1 aromatic carbocycles. The van der Waals surface area contributed by atoms with Crippen molar-refractivity contribution in [1.29, 1.82) is 0 Å². The monoisotopic (exact) mass is 466 g/mol.